The molecule has 1 aliphatic heterocycles. The number of hydrogen-bond acceptors (Lipinski definition) is 2. The molecule has 2 N–H and O–H groups in total. The SMILES string of the molecule is CC1CC(C)CN(C(=O)C2(C(N)=S)CC2)C1. The lowest BCUT2D eigenvalue weighted by Gasteiger charge is -2.37. The van der Waals surface area contributed by atoms with Gasteiger partial charge in [0.25, 0.3) is 0 Å². The molecule has 4 heteroatoms. The Labute approximate surface area is 102 Å². The number of amides is 1. The second-order valence-electron chi connectivity index (χ2n) is 5.60. The van der Waals surface area contributed by atoms with Crippen molar-refractivity contribution in [1.29, 1.82) is 0 Å². The number of rotatable bonds is 2. The van der Waals surface area contributed by atoms with Crippen LogP contribution in [0.15, 0.2) is 0 Å². The Morgan fingerprint density at radius 2 is 1.81 bits per heavy atom. The van der Waals surface area contributed by atoms with Crippen LogP contribution in [0.4, 0.5) is 0 Å². The van der Waals surface area contributed by atoms with Gasteiger partial charge in [0.15, 0.2) is 0 Å². The van der Waals surface area contributed by atoms with Crippen molar-refractivity contribution in [3.8, 4) is 0 Å². The Hall–Kier alpha value is -0.640. The Bertz CT molecular complexity index is 315. The van der Waals surface area contributed by atoms with Crippen LogP contribution in [-0.2, 0) is 4.79 Å². The number of thiocarbonyl (C=S) groups is 1. The summed E-state index contributed by atoms with van der Waals surface area (Å²) in [5, 5.41) is 0. The normalized spacial score (nSPS) is 32.2. The van der Waals surface area contributed by atoms with Gasteiger partial charge >= 0.3 is 0 Å². The van der Waals surface area contributed by atoms with Crippen LogP contribution in [0.1, 0.15) is 33.1 Å². The summed E-state index contributed by atoms with van der Waals surface area (Å²) in [6.07, 6.45) is 2.91. The maximum atomic E-state index is 12.4. The fraction of sp³-hybridized carbons (Fsp3) is 0.833. The fourth-order valence-electron chi connectivity index (χ4n) is 2.82. The van der Waals surface area contributed by atoms with E-state index in [0.717, 1.165) is 25.9 Å². The average Bonchev–Trinajstić information content (AvgIpc) is 2.95. The van der Waals surface area contributed by atoms with Crippen molar-refractivity contribution in [3.05, 3.63) is 0 Å². The molecule has 0 aromatic heterocycles. The molecule has 2 rings (SSSR count). The average molecular weight is 240 g/mol. The van der Waals surface area contributed by atoms with E-state index in [1.165, 1.54) is 6.42 Å². The minimum atomic E-state index is -0.466. The van der Waals surface area contributed by atoms with Crippen LogP contribution >= 0.6 is 12.2 Å². The van der Waals surface area contributed by atoms with Crippen molar-refractivity contribution in [2.45, 2.75) is 33.1 Å². The largest absolute Gasteiger partial charge is 0.392 e. The van der Waals surface area contributed by atoms with Crippen LogP contribution in [0.25, 0.3) is 0 Å². The third kappa shape index (κ3) is 1.95. The number of carbonyl (C=O) groups is 1. The summed E-state index contributed by atoms with van der Waals surface area (Å²) in [6, 6.07) is 0. The lowest BCUT2D eigenvalue weighted by Crippen LogP contribution is -2.48. The molecule has 2 fully saturated rings. The maximum absolute atomic E-state index is 12.4. The van der Waals surface area contributed by atoms with Crippen molar-refractivity contribution in [2.24, 2.45) is 23.0 Å². The molecule has 0 radical (unpaired) electrons. The van der Waals surface area contributed by atoms with E-state index >= 15 is 0 Å². The molecule has 1 saturated heterocycles. The van der Waals surface area contributed by atoms with Crippen LogP contribution in [0.3, 0.4) is 0 Å². The molecule has 1 amide bonds. The molecule has 3 nitrogen and oxygen atoms in total. The predicted octanol–water partition coefficient (Wildman–Crippen LogP) is 1.56. The second-order valence-corrected chi connectivity index (χ2v) is 6.04. The number of carbonyl (C=O) groups excluding carboxylic acids is 1. The standard InChI is InChI=1S/C12H20N2OS/c1-8-5-9(2)7-14(6-8)11(15)12(3-4-12)10(13)16/h8-9H,3-7H2,1-2H3,(H2,13,16). The van der Waals surface area contributed by atoms with Gasteiger partial charge in [-0.2, -0.15) is 0 Å². The minimum absolute atomic E-state index is 0.179. The molecule has 1 saturated carbocycles. The highest BCUT2D eigenvalue weighted by molar-refractivity contribution is 7.80. The van der Waals surface area contributed by atoms with E-state index < -0.39 is 5.41 Å². The molecule has 0 aromatic rings. The summed E-state index contributed by atoms with van der Waals surface area (Å²) in [5.74, 6) is 1.36. The molecule has 2 unspecified atom stereocenters. The zero-order valence-electron chi connectivity index (χ0n) is 10.0. The molecule has 0 bridgehead atoms. The highest BCUT2D eigenvalue weighted by Gasteiger charge is 2.54. The molecule has 2 aliphatic rings. The van der Waals surface area contributed by atoms with E-state index in [1.54, 1.807) is 0 Å². The lowest BCUT2D eigenvalue weighted by molar-refractivity contribution is -0.137. The predicted molar refractivity (Wildman–Crippen MR) is 68.0 cm³/mol. The molecule has 16 heavy (non-hydrogen) atoms. The summed E-state index contributed by atoms with van der Waals surface area (Å²) in [6.45, 7) is 6.15. The Balaban J connectivity index is 2.07. The zero-order valence-corrected chi connectivity index (χ0v) is 10.8. The van der Waals surface area contributed by atoms with Gasteiger partial charge in [0.2, 0.25) is 5.91 Å². The second kappa shape index (κ2) is 3.99. The van der Waals surface area contributed by atoms with Gasteiger partial charge < -0.3 is 10.6 Å². The van der Waals surface area contributed by atoms with E-state index in [9.17, 15) is 4.79 Å². The molecule has 2 atom stereocenters. The minimum Gasteiger partial charge on any atom is -0.392 e. The van der Waals surface area contributed by atoms with Gasteiger partial charge in [-0.3, -0.25) is 4.79 Å². The fourth-order valence-corrected chi connectivity index (χ4v) is 3.11. The first-order valence-corrected chi connectivity index (χ1v) is 6.46. The summed E-state index contributed by atoms with van der Waals surface area (Å²) in [4.78, 5) is 14.7. The topological polar surface area (TPSA) is 46.3 Å². The first-order chi connectivity index (χ1) is 7.45. The highest BCUT2D eigenvalue weighted by Crippen LogP contribution is 2.48. The van der Waals surface area contributed by atoms with Gasteiger partial charge in [-0.15, -0.1) is 0 Å². The van der Waals surface area contributed by atoms with Gasteiger partial charge in [0, 0.05) is 13.1 Å². The quantitative estimate of drug-likeness (QED) is 0.745. The van der Waals surface area contributed by atoms with Gasteiger partial charge in [0.1, 0.15) is 0 Å². The lowest BCUT2D eigenvalue weighted by atomic mass is 9.90. The maximum Gasteiger partial charge on any atom is 0.235 e. The van der Waals surface area contributed by atoms with E-state index in [4.69, 9.17) is 18.0 Å². The van der Waals surface area contributed by atoms with Crippen LogP contribution in [0.5, 0.6) is 0 Å². The van der Waals surface area contributed by atoms with Gasteiger partial charge in [-0.25, -0.2) is 0 Å². The van der Waals surface area contributed by atoms with Gasteiger partial charge in [-0.1, -0.05) is 26.1 Å². The molecular formula is C12H20N2OS. The van der Waals surface area contributed by atoms with E-state index in [0.29, 0.717) is 16.8 Å². The summed E-state index contributed by atoms with van der Waals surface area (Å²) in [5.41, 5.74) is 5.23. The van der Waals surface area contributed by atoms with Crippen molar-refractivity contribution >= 4 is 23.1 Å². The Morgan fingerprint density at radius 1 is 1.31 bits per heavy atom. The van der Waals surface area contributed by atoms with Crippen LogP contribution in [0.2, 0.25) is 0 Å². The van der Waals surface area contributed by atoms with Crippen molar-refractivity contribution in [1.82, 2.24) is 4.90 Å². The number of piperidine rings is 1. The van der Waals surface area contributed by atoms with E-state index in [2.05, 4.69) is 13.8 Å². The van der Waals surface area contributed by atoms with Crippen LogP contribution in [0, 0.1) is 17.3 Å². The smallest absolute Gasteiger partial charge is 0.235 e. The van der Waals surface area contributed by atoms with Crippen molar-refractivity contribution < 1.29 is 4.79 Å². The number of hydrogen-bond donors (Lipinski definition) is 1. The van der Waals surface area contributed by atoms with Crippen LogP contribution in [-0.4, -0.2) is 28.9 Å². The van der Waals surface area contributed by atoms with E-state index in [-0.39, 0.29) is 5.91 Å². The first kappa shape index (κ1) is 11.8. The molecule has 90 valence electrons. The Kier molecular flexibility index (Phi) is 2.95. The summed E-state index contributed by atoms with van der Waals surface area (Å²) < 4.78 is 0. The molecule has 1 aliphatic carbocycles. The number of nitrogens with two attached hydrogens (primary N) is 1. The third-order valence-corrected chi connectivity index (χ3v) is 4.18. The number of likely N-dealkylation sites (tertiary alicyclic amines) is 1. The van der Waals surface area contributed by atoms with E-state index in [1.807, 2.05) is 4.90 Å². The first-order valence-electron chi connectivity index (χ1n) is 6.05. The molecule has 1 heterocycles. The van der Waals surface area contributed by atoms with Crippen molar-refractivity contribution in [3.63, 3.8) is 0 Å². The van der Waals surface area contributed by atoms with Crippen molar-refractivity contribution in [2.75, 3.05) is 13.1 Å². The monoisotopic (exact) mass is 240 g/mol. The van der Waals surface area contributed by atoms with Gasteiger partial charge in [-0.05, 0) is 31.1 Å². The molecule has 0 aromatic carbocycles. The van der Waals surface area contributed by atoms with Gasteiger partial charge in [0.05, 0.1) is 10.4 Å². The summed E-state index contributed by atoms with van der Waals surface area (Å²) in [7, 11) is 0. The third-order valence-electron chi connectivity index (χ3n) is 3.79. The highest BCUT2D eigenvalue weighted by atomic mass is 32.1. The molecule has 0 spiro atoms. The summed E-state index contributed by atoms with van der Waals surface area (Å²) >= 11 is 5.03. The Morgan fingerprint density at radius 3 is 2.19 bits per heavy atom. The molecular weight excluding hydrogens is 220 g/mol. The van der Waals surface area contributed by atoms with Crippen LogP contribution < -0.4 is 5.73 Å². The zero-order chi connectivity index (χ0) is 11.9. The number of nitrogens with zero attached hydrogens (tertiary/aromatic N) is 1.